The van der Waals surface area contributed by atoms with Gasteiger partial charge in [-0.3, -0.25) is 0 Å². The maximum atomic E-state index is 13.2. The monoisotopic (exact) mass is 397 g/mol. The van der Waals surface area contributed by atoms with Crippen molar-refractivity contribution in [1.29, 1.82) is 0 Å². The Bertz CT molecular complexity index is 989. The molecular formula is C15H12ClN3O2S3. The molecule has 0 radical (unpaired) electrons. The van der Waals surface area contributed by atoms with E-state index in [0.717, 1.165) is 23.0 Å². The molecule has 1 aliphatic rings. The largest absolute Gasteiger partial charge is 0.246 e. The lowest BCUT2D eigenvalue weighted by atomic mass is 10.2. The highest BCUT2D eigenvalue weighted by atomic mass is 35.5. The molecule has 9 heteroatoms. The molecule has 1 aliphatic heterocycles. The predicted octanol–water partition coefficient (Wildman–Crippen LogP) is 3.78. The molecule has 0 saturated carbocycles. The van der Waals surface area contributed by atoms with Crippen LogP contribution in [0.25, 0.3) is 11.0 Å². The third-order valence-electron chi connectivity index (χ3n) is 3.84. The Morgan fingerprint density at radius 1 is 1.12 bits per heavy atom. The highest BCUT2D eigenvalue weighted by molar-refractivity contribution is 8.01. The van der Waals surface area contributed by atoms with E-state index in [2.05, 4.69) is 8.75 Å². The van der Waals surface area contributed by atoms with Crippen molar-refractivity contribution in [1.82, 2.24) is 13.1 Å². The van der Waals surface area contributed by atoms with Crippen molar-refractivity contribution in [2.45, 2.75) is 10.3 Å². The summed E-state index contributed by atoms with van der Waals surface area (Å²) in [6.45, 7) is 0.467. The molecule has 3 aromatic rings. The average molecular weight is 398 g/mol. The molecule has 1 fully saturated rings. The summed E-state index contributed by atoms with van der Waals surface area (Å²) in [4.78, 5) is 0.218. The van der Waals surface area contributed by atoms with Crippen molar-refractivity contribution in [3.05, 3.63) is 53.1 Å². The number of hydrogen-bond acceptors (Lipinski definition) is 6. The number of sulfonamides is 1. The van der Waals surface area contributed by atoms with Crippen LogP contribution >= 0.6 is 35.1 Å². The molecule has 2 aromatic carbocycles. The number of halogens is 1. The van der Waals surface area contributed by atoms with Crippen LogP contribution in [0.5, 0.6) is 0 Å². The second kappa shape index (κ2) is 6.27. The lowest BCUT2D eigenvalue weighted by Gasteiger charge is -2.23. The zero-order valence-electron chi connectivity index (χ0n) is 12.3. The lowest BCUT2D eigenvalue weighted by molar-refractivity contribution is 0.435. The van der Waals surface area contributed by atoms with Gasteiger partial charge in [0.15, 0.2) is 0 Å². The number of nitrogens with zero attached hydrogens (tertiary/aromatic N) is 3. The van der Waals surface area contributed by atoms with E-state index in [1.807, 2.05) is 12.1 Å². The molecule has 5 nitrogen and oxygen atoms in total. The Labute approximate surface area is 153 Å². The van der Waals surface area contributed by atoms with Gasteiger partial charge in [-0.05, 0) is 29.8 Å². The van der Waals surface area contributed by atoms with Crippen molar-refractivity contribution >= 4 is 56.1 Å². The zero-order valence-corrected chi connectivity index (χ0v) is 15.5. The highest BCUT2D eigenvalue weighted by Gasteiger charge is 2.38. The maximum Gasteiger partial charge on any atom is 0.246 e. The smallest absolute Gasteiger partial charge is 0.207 e. The third kappa shape index (κ3) is 2.72. The lowest BCUT2D eigenvalue weighted by Crippen LogP contribution is -2.30. The number of aromatic nitrogens is 2. The maximum absolute atomic E-state index is 13.2. The van der Waals surface area contributed by atoms with Gasteiger partial charge in [0.25, 0.3) is 0 Å². The third-order valence-corrected chi connectivity index (χ3v) is 7.92. The molecular weight excluding hydrogens is 386 g/mol. The van der Waals surface area contributed by atoms with Crippen LogP contribution in [0.15, 0.2) is 47.4 Å². The van der Waals surface area contributed by atoms with Crippen molar-refractivity contribution in [3.63, 3.8) is 0 Å². The topological polar surface area (TPSA) is 63.2 Å². The van der Waals surface area contributed by atoms with Gasteiger partial charge in [0.05, 0.1) is 17.1 Å². The van der Waals surface area contributed by atoms with Crippen LogP contribution in [-0.2, 0) is 10.0 Å². The summed E-state index contributed by atoms with van der Waals surface area (Å²) in [5.74, 6) is 0.748. The minimum atomic E-state index is -3.66. The molecule has 0 aliphatic carbocycles. The Balaban J connectivity index is 1.78. The summed E-state index contributed by atoms with van der Waals surface area (Å²) in [5.41, 5.74) is 1.97. The first kappa shape index (κ1) is 16.3. The van der Waals surface area contributed by atoms with Crippen molar-refractivity contribution < 1.29 is 8.42 Å². The van der Waals surface area contributed by atoms with Crippen LogP contribution in [0.2, 0.25) is 5.02 Å². The summed E-state index contributed by atoms with van der Waals surface area (Å²) >= 11 is 8.57. The first-order valence-corrected chi connectivity index (χ1v) is 10.8. The molecule has 4 rings (SSSR count). The standard InChI is InChI=1S/C15H12ClN3O2S3/c16-11-6-4-10(5-7-11)15-19(8-9-22-15)24(20,21)13-3-1-2-12-14(13)18-23-17-12/h1-7,15H,8-9H2. The second-order valence-corrected chi connectivity index (χ2v) is 9.29. The van der Waals surface area contributed by atoms with E-state index in [-0.39, 0.29) is 10.3 Å². The number of benzene rings is 2. The Morgan fingerprint density at radius 3 is 2.71 bits per heavy atom. The van der Waals surface area contributed by atoms with Crippen LogP contribution in [0.1, 0.15) is 10.9 Å². The van der Waals surface area contributed by atoms with Crippen molar-refractivity contribution in [2.75, 3.05) is 12.3 Å². The quantitative estimate of drug-likeness (QED) is 0.672. The fourth-order valence-corrected chi connectivity index (χ4v) is 6.83. The van der Waals surface area contributed by atoms with Gasteiger partial charge in [-0.25, -0.2) is 8.42 Å². The van der Waals surface area contributed by atoms with Gasteiger partial charge in [-0.15, -0.1) is 11.8 Å². The molecule has 1 aromatic heterocycles. The minimum Gasteiger partial charge on any atom is -0.207 e. The summed E-state index contributed by atoms with van der Waals surface area (Å²) in [6.07, 6.45) is 0. The molecule has 124 valence electrons. The van der Waals surface area contributed by atoms with Crippen LogP contribution < -0.4 is 0 Å². The first-order valence-electron chi connectivity index (χ1n) is 7.17. The van der Waals surface area contributed by atoms with Crippen LogP contribution in [0.4, 0.5) is 0 Å². The first-order chi connectivity index (χ1) is 11.6. The van der Waals surface area contributed by atoms with E-state index >= 15 is 0 Å². The number of hydrogen-bond donors (Lipinski definition) is 0. The van der Waals surface area contributed by atoms with Gasteiger partial charge in [0.1, 0.15) is 15.9 Å². The summed E-state index contributed by atoms with van der Waals surface area (Å²) < 4.78 is 36.3. The van der Waals surface area contributed by atoms with Gasteiger partial charge >= 0.3 is 0 Å². The van der Waals surface area contributed by atoms with Crippen LogP contribution in [0, 0.1) is 0 Å². The van der Waals surface area contributed by atoms with Gasteiger partial charge in [-0.2, -0.15) is 13.1 Å². The zero-order chi connectivity index (χ0) is 16.7. The fourth-order valence-electron chi connectivity index (χ4n) is 2.71. The number of fused-ring (bicyclic) bond motifs is 1. The molecule has 24 heavy (non-hydrogen) atoms. The molecule has 0 bridgehead atoms. The SMILES string of the molecule is O=S(=O)(c1cccc2nsnc12)N1CCSC1c1ccc(Cl)cc1. The Morgan fingerprint density at radius 2 is 1.92 bits per heavy atom. The van der Waals surface area contributed by atoms with E-state index in [1.54, 1.807) is 42.1 Å². The van der Waals surface area contributed by atoms with Gasteiger partial charge in [-0.1, -0.05) is 29.8 Å². The molecule has 1 saturated heterocycles. The van der Waals surface area contributed by atoms with Crippen molar-refractivity contribution in [3.8, 4) is 0 Å². The molecule has 2 heterocycles. The van der Waals surface area contributed by atoms with E-state index in [4.69, 9.17) is 11.6 Å². The summed E-state index contributed by atoms with van der Waals surface area (Å²) in [6, 6.07) is 12.4. The van der Waals surface area contributed by atoms with E-state index in [9.17, 15) is 8.42 Å². The molecule has 0 N–H and O–H groups in total. The highest BCUT2D eigenvalue weighted by Crippen LogP contribution is 2.42. The van der Waals surface area contributed by atoms with Crippen LogP contribution in [0.3, 0.4) is 0 Å². The van der Waals surface area contributed by atoms with Gasteiger partial charge < -0.3 is 0 Å². The van der Waals surface area contributed by atoms with E-state index in [1.165, 1.54) is 4.31 Å². The van der Waals surface area contributed by atoms with Gasteiger partial charge in [0.2, 0.25) is 10.0 Å². The molecule has 0 spiro atoms. The number of rotatable bonds is 3. The Hall–Kier alpha value is -1.19. The molecule has 0 amide bonds. The summed E-state index contributed by atoms with van der Waals surface area (Å²) in [5, 5.41) is 0.378. The average Bonchev–Trinajstić information content (AvgIpc) is 3.24. The fraction of sp³-hybridized carbons (Fsp3) is 0.200. The predicted molar refractivity (Wildman–Crippen MR) is 98.0 cm³/mol. The van der Waals surface area contributed by atoms with Crippen molar-refractivity contribution in [2.24, 2.45) is 0 Å². The molecule has 1 atom stereocenters. The van der Waals surface area contributed by atoms with E-state index < -0.39 is 10.0 Å². The van der Waals surface area contributed by atoms with Gasteiger partial charge in [0, 0.05) is 17.3 Å². The normalized spacial score (nSPS) is 19.1. The molecule has 1 unspecified atom stereocenters. The van der Waals surface area contributed by atoms with E-state index in [0.29, 0.717) is 22.6 Å². The summed E-state index contributed by atoms with van der Waals surface area (Å²) in [7, 11) is -3.66. The minimum absolute atomic E-state index is 0.218. The Kier molecular flexibility index (Phi) is 4.26. The van der Waals surface area contributed by atoms with Crippen LogP contribution in [-0.4, -0.2) is 33.8 Å². The second-order valence-electron chi connectivity index (χ2n) is 5.28. The number of thioether (sulfide) groups is 1.